The fourth-order valence-corrected chi connectivity index (χ4v) is 3.65. The van der Waals surface area contributed by atoms with Crippen LogP contribution in [0.25, 0.3) is 0 Å². The van der Waals surface area contributed by atoms with Crippen LogP contribution in [-0.2, 0) is 19.3 Å². The summed E-state index contributed by atoms with van der Waals surface area (Å²) in [6.45, 7) is 2.31. The number of aliphatic hydroxyl groups is 1. The van der Waals surface area contributed by atoms with Gasteiger partial charge >= 0.3 is 0 Å². The first-order valence-corrected chi connectivity index (χ1v) is 8.49. The highest BCUT2D eigenvalue weighted by Gasteiger charge is 2.23. The number of rotatable bonds is 5. The van der Waals surface area contributed by atoms with Gasteiger partial charge < -0.3 is 14.9 Å². The zero-order chi connectivity index (χ0) is 15.5. The van der Waals surface area contributed by atoms with E-state index in [0.717, 1.165) is 53.2 Å². The first-order valence-electron chi connectivity index (χ1n) is 7.67. The number of hydrogen-bond donors (Lipinski definition) is 2. The molecule has 0 saturated heterocycles. The normalized spacial score (nSPS) is 15.4. The highest BCUT2D eigenvalue weighted by molar-refractivity contribution is 7.12. The molecule has 0 radical (unpaired) electrons. The molecule has 118 valence electrons. The third kappa shape index (κ3) is 3.23. The van der Waals surface area contributed by atoms with Crippen molar-refractivity contribution in [2.45, 2.75) is 45.1 Å². The van der Waals surface area contributed by atoms with Crippen molar-refractivity contribution in [2.24, 2.45) is 0 Å². The Morgan fingerprint density at radius 3 is 3.05 bits per heavy atom. The van der Waals surface area contributed by atoms with Crippen LogP contribution in [0.2, 0.25) is 0 Å². The van der Waals surface area contributed by atoms with Crippen LogP contribution in [0, 0.1) is 0 Å². The summed E-state index contributed by atoms with van der Waals surface area (Å²) in [5, 5.41) is 16.3. The molecule has 22 heavy (non-hydrogen) atoms. The quantitative estimate of drug-likeness (QED) is 0.888. The van der Waals surface area contributed by atoms with Crippen molar-refractivity contribution >= 4 is 17.2 Å². The van der Waals surface area contributed by atoms with E-state index < -0.39 is 6.10 Å². The van der Waals surface area contributed by atoms with Gasteiger partial charge in [0.05, 0.1) is 6.10 Å². The second-order valence-corrected chi connectivity index (χ2v) is 6.83. The first kappa shape index (κ1) is 15.2. The third-order valence-electron chi connectivity index (χ3n) is 3.92. The maximum absolute atomic E-state index is 12.2. The number of hydrogen-bond acceptors (Lipinski definition) is 5. The molecule has 0 aromatic carbocycles. The third-order valence-corrected chi connectivity index (χ3v) is 5.23. The second-order valence-electron chi connectivity index (χ2n) is 5.63. The average molecular weight is 320 g/mol. The van der Waals surface area contributed by atoms with Gasteiger partial charge in [-0.1, -0.05) is 5.16 Å². The van der Waals surface area contributed by atoms with Gasteiger partial charge in [-0.15, -0.1) is 11.3 Å². The van der Waals surface area contributed by atoms with Gasteiger partial charge in [-0.05, 0) is 44.7 Å². The van der Waals surface area contributed by atoms with E-state index in [1.165, 1.54) is 0 Å². The standard InChI is InChI=1S/C16H20N2O3S/c1-10(19)14-7-6-11(22-14)8-9-17-16(20)15-12-4-2-3-5-13(12)21-18-15/h6-7,10,19H,2-5,8-9H2,1H3,(H,17,20). The first-order chi connectivity index (χ1) is 10.6. The van der Waals surface area contributed by atoms with Crippen LogP contribution in [0.1, 0.15) is 57.4 Å². The van der Waals surface area contributed by atoms with E-state index in [9.17, 15) is 9.90 Å². The van der Waals surface area contributed by atoms with Gasteiger partial charge in [0.25, 0.3) is 5.91 Å². The minimum absolute atomic E-state index is 0.154. The van der Waals surface area contributed by atoms with E-state index in [-0.39, 0.29) is 5.91 Å². The molecule has 0 spiro atoms. The highest BCUT2D eigenvalue weighted by Crippen LogP contribution is 2.24. The van der Waals surface area contributed by atoms with Crippen LogP contribution in [0.4, 0.5) is 0 Å². The van der Waals surface area contributed by atoms with Crippen LogP contribution < -0.4 is 5.32 Å². The van der Waals surface area contributed by atoms with Crippen LogP contribution in [0.3, 0.4) is 0 Å². The molecule has 0 bridgehead atoms. The molecule has 1 amide bonds. The van der Waals surface area contributed by atoms with E-state index >= 15 is 0 Å². The van der Waals surface area contributed by atoms with Gasteiger partial charge in [0.1, 0.15) is 5.76 Å². The number of aryl methyl sites for hydroxylation is 1. The predicted octanol–water partition coefficient (Wildman–Crippen LogP) is 2.64. The summed E-state index contributed by atoms with van der Waals surface area (Å²) in [4.78, 5) is 14.3. The van der Waals surface area contributed by atoms with E-state index in [2.05, 4.69) is 10.5 Å². The Hall–Kier alpha value is -1.66. The number of fused-ring (bicyclic) bond motifs is 1. The van der Waals surface area contributed by atoms with E-state index in [1.54, 1.807) is 18.3 Å². The molecule has 2 N–H and O–H groups in total. The predicted molar refractivity (Wildman–Crippen MR) is 84.1 cm³/mol. The average Bonchev–Trinajstić information content (AvgIpc) is 3.13. The van der Waals surface area contributed by atoms with Crippen molar-refractivity contribution in [1.82, 2.24) is 10.5 Å². The molecule has 6 heteroatoms. The molecule has 2 heterocycles. The number of aromatic nitrogens is 1. The molecule has 1 unspecified atom stereocenters. The highest BCUT2D eigenvalue weighted by atomic mass is 32.1. The van der Waals surface area contributed by atoms with Crippen LogP contribution in [-0.4, -0.2) is 22.7 Å². The Balaban J connectivity index is 1.55. The molecular formula is C16H20N2O3S. The number of nitrogens with one attached hydrogen (secondary N) is 1. The van der Waals surface area contributed by atoms with E-state index in [4.69, 9.17) is 4.52 Å². The minimum Gasteiger partial charge on any atom is -0.388 e. The van der Waals surface area contributed by atoms with Crippen LogP contribution >= 0.6 is 11.3 Å². The number of amides is 1. The van der Waals surface area contributed by atoms with Crippen molar-refractivity contribution in [3.05, 3.63) is 38.9 Å². The van der Waals surface area contributed by atoms with Gasteiger partial charge in [-0.3, -0.25) is 4.79 Å². The van der Waals surface area contributed by atoms with Crippen molar-refractivity contribution in [2.75, 3.05) is 6.54 Å². The van der Waals surface area contributed by atoms with E-state index in [0.29, 0.717) is 12.2 Å². The molecular weight excluding hydrogens is 300 g/mol. The fraction of sp³-hybridized carbons (Fsp3) is 0.500. The molecule has 1 aliphatic rings. The Morgan fingerprint density at radius 1 is 1.45 bits per heavy atom. The minimum atomic E-state index is -0.435. The van der Waals surface area contributed by atoms with Crippen LogP contribution in [0.5, 0.6) is 0 Å². The van der Waals surface area contributed by atoms with Crippen LogP contribution in [0.15, 0.2) is 16.7 Å². The van der Waals surface area contributed by atoms with E-state index in [1.807, 2.05) is 12.1 Å². The van der Waals surface area contributed by atoms with Crippen molar-refractivity contribution < 1.29 is 14.4 Å². The van der Waals surface area contributed by atoms with Crippen molar-refractivity contribution in [1.29, 1.82) is 0 Å². The number of carbonyl (C=O) groups is 1. The molecule has 0 saturated carbocycles. The number of thiophene rings is 1. The second kappa shape index (κ2) is 6.62. The van der Waals surface area contributed by atoms with Crippen molar-refractivity contribution in [3.63, 3.8) is 0 Å². The lowest BCUT2D eigenvalue weighted by molar-refractivity contribution is 0.0944. The zero-order valence-corrected chi connectivity index (χ0v) is 13.4. The summed E-state index contributed by atoms with van der Waals surface area (Å²) < 4.78 is 5.27. The number of aliphatic hydroxyl groups excluding tert-OH is 1. The smallest absolute Gasteiger partial charge is 0.273 e. The molecule has 2 aromatic heterocycles. The Morgan fingerprint density at radius 2 is 2.27 bits per heavy atom. The molecule has 0 fully saturated rings. The summed E-state index contributed by atoms with van der Waals surface area (Å²) >= 11 is 1.58. The summed E-state index contributed by atoms with van der Waals surface area (Å²) in [6.07, 6.45) is 4.27. The molecule has 0 aliphatic heterocycles. The fourth-order valence-electron chi connectivity index (χ4n) is 2.70. The Labute approximate surface area is 133 Å². The van der Waals surface area contributed by atoms with Gasteiger partial charge in [0.15, 0.2) is 5.69 Å². The molecule has 2 aromatic rings. The summed E-state index contributed by atoms with van der Waals surface area (Å²) in [7, 11) is 0. The summed E-state index contributed by atoms with van der Waals surface area (Å²) in [5.74, 6) is 0.718. The lowest BCUT2D eigenvalue weighted by atomic mass is 9.96. The van der Waals surface area contributed by atoms with Gasteiger partial charge in [-0.25, -0.2) is 0 Å². The molecule has 1 atom stereocenters. The molecule has 5 nitrogen and oxygen atoms in total. The molecule has 1 aliphatic carbocycles. The van der Waals surface area contributed by atoms with Gasteiger partial charge in [0.2, 0.25) is 0 Å². The maximum Gasteiger partial charge on any atom is 0.273 e. The maximum atomic E-state index is 12.2. The SMILES string of the molecule is CC(O)c1ccc(CCNC(=O)c2noc3c2CCCC3)s1. The topological polar surface area (TPSA) is 75.4 Å². The lowest BCUT2D eigenvalue weighted by Gasteiger charge is -2.09. The largest absolute Gasteiger partial charge is 0.388 e. The summed E-state index contributed by atoms with van der Waals surface area (Å²) in [5.41, 5.74) is 1.43. The number of nitrogens with zero attached hydrogens (tertiary/aromatic N) is 1. The summed E-state index contributed by atoms with van der Waals surface area (Å²) in [6, 6.07) is 3.93. The zero-order valence-electron chi connectivity index (χ0n) is 12.6. The molecule has 3 rings (SSSR count). The Kier molecular flexibility index (Phi) is 4.59. The van der Waals surface area contributed by atoms with Gasteiger partial charge in [0, 0.05) is 28.3 Å². The van der Waals surface area contributed by atoms with Gasteiger partial charge in [-0.2, -0.15) is 0 Å². The van der Waals surface area contributed by atoms with Crippen molar-refractivity contribution in [3.8, 4) is 0 Å². The monoisotopic (exact) mass is 320 g/mol. The lowest BCUT2D eigenvalue weighted by Crippen LogP contribution is -2.27. The number of carbonyl (C=O) groups excluding carboxylic acids is 1. The Bertz CT molecular complexity index is 660.